The first kappa shape index (κ1) is 17.8. The van der Waals surface area contributed by atoms with Crippen molar-refractivity contribution in [2.24, 2.45) is 5.92 Å². The monoisotopic (exact) mass is 340 g/mol. The van der Waals surface area contributed by atoms with E-state index in [1.54, 1.807) is 11.8 Å². The number of hydrogen-bond acceptors (Lipinski definition) is 6. The lowest BCUT2D eigenvalue weighted by Crippen LogP contribution is -2.51. The second-order valence-electron chi connectivity index (χ2n) is 6.36. The SMILES string of the molecule is Cc1nsc(C(=O)NC(CC(C)C)C(=O)N2CCC(O)CC2)n1. The van der Waals surface area contributed by atoms with E-state index in [4.69, 9.17) is 0 Å². The van der Waals surface area contributed by atoms with E-state index >= 15 is 0 Å². The second-order valence-corrected chi connectivity index (χ2v) is 7.11. The minimum atomic E-state index is -0.568. The molecular formula is C15H24N4O3S. The molecule has 7 nitrogen and oxygen atoms in total. The molecule has 1 aromatic heterocycles. The Morgan fingerprint density at radius 1 is 1.39 bits per heavy atom. The van der Waals surface area contributed by atoms with Gasteiger partial charge in [-0.3, -0.25) is 9.59 Å². The van der Waals surface area contributed by atoms with Gasteiger partial charge in [-0.1, -0.05) is 13.8 Å². The van der Waals surface area contributed by atoms with Crippen LogP contribution in [0.2, 0.25) is 0 Å². The Bertz CT molecular complexity index is 553. The number of nitrogens with one attached hydrogen (secondary N) is 1. The fourth-order valence-corrected chi connectivity index (χ4v) is 3.18. The van der Waals surface area contributed by atoms with Crippen LogP contribution in [-0.4, -0.2) is 56.4 Å². The summed E-state index contributed by atoms with van der Waals surface area (Å²) in [6.45, 7) is 6.82. The van der Waals surface area contributed by atoms with Crippen LogP contribution in [0.3, 0.4) is 0 Å². The molecule has 2 amide bonds. The van der Waals surface area contributed by atoms with Crippen LogP contribution in [0.15, 0.2) is 0 Å². The van der Waals surface area contributed by atoms with Gasteiger partial charge < -0.3 is 15.3 Å². The van der Waals surface area contributed by atoms with Gasteiger partial charge in [0.1, 0.15) is 11.9 Å². The molecule has 1 aliphatic heterocycles. The Morgan fingerprint density at radius 3 is 2.57 bits per heavy atom. The number of aliphatic hydroxyl groups is 1. The summed E-state index contributed by atoms with van der Waals surface area (Å²) in [6.07, 6.45) is 1.41. The molecule has 0 bridgehead atoms. The molecule has 0 aromatic carbocycles. The van der Waals surface area contributed by atoms with Crippen molar-refractivity contribution in [3.8, 4) is 0 Å². The standard InChI is InChI=1S/C15H24N4O3S/c1-9(2)8-12(15(22)19-6-4-11(20)5-7-19)17-13(21)14-16-10(3)18-23-14/h9,11-12,20H,4-8H2,1-3H3,(H,17,21). The first-order valence-corrected chi connectivity index (χ1v) is 8.72. The highest BCUT2D eigenvalue weighted by Gasteiger charge is 2.30. The van der Waals surface area contributed by atoms with Crippen LogP contribution in [0.1, 0.15) is 48.7 Å². The molecule has 128 valence electrons. The fraction of sp³-hybridized carbons (Fsp3) is 0.733. The summed E-state index contributed by atoms with van der Waals surface area (Å²) in [5.41, 5.74) is 0. The number of likely N-dealkylation sites (tertiary alicyclic amines) is 1. The van der Waals surface area contributed by atoms with Crippen molar-refractivity contribution in [3.05, 3.63) is 10.8 Å². The number of amides is 2. The van der Waals surface area contributed by atoms with Gasteiger partial charge in [0.25, 0.3) is 5.91 Å². The molecule has 1 aliphatic rings. The van der Waals surface area contributed by atoms with E-state index in [0.29, 0.717) is 38.2 Å². The fourth-order valence-electron chi connectivity index (χ4n) is 2.61. The summed E-state index contributed by atoms with van der Waals surface area (Å²) in [4.78, 5) is 30.8. The van der Waals surface area contributed by atoms with Crippen molar-refractivity contribution in [3.63, 3.8) is 0 Å². The normalized spacial score (nSPS) is 17.3. The maximum absolute atomic E-state index is 12.7. The zero-order valence-corrected chi connectivity index (χ0v) is 14.6. The quantitative estimate of drug-likeness (QED) is 0.833. The van der Waals surface area contributed by atoms with Crippen molar-refractivity contribution in [1.29, 1.82) is 0 Å². The topological polar surface area (TPSA) is 95.4 Å². The molecule has 2 rings (SSSR count). The summed E-state index contributed by atoms with van der Waals surface area (Å²) in [5.74, 6) is 0.388. The van der Waals surface area contributed by atoms with Gasteiger partial charge in [0.15, 0.2) is 0 Å². The summed E-state index contributed by atoms with van der Waals surface area (Å²) in [7, 11) is 0. The maximum Gasteiger partial charge on any atom is 0.282 e. The van der Waals surface area contributed by atoms with Crippen molar-refractivity contribution in [2.45, 2.75) is 52.2 Å². The lowest BCUT2D eigenvalue weighted by Gasteiger charge is -2.33. The molecule has 0 spiro atoms. The molecule has 1 fully saturated rings. The highest BCUT2D eigenvalue weighted by molar-refractivity contribution is 7.07. The first-order valence-electron chi connectivity index (χ1n) is 7.95. The average molecular weight is 340 g/mol. The summed E-state index contributed by atoms with van der Waals surface area (Å²) < 4.78 is 4.00. The smallest absolute Gasteiger partial charge is 0.282 e. The average Bonchev–Trinajstić information content (AvgIpc) is 2.93. The number of aryl methyl sites for hydroxylation is 1. The van der Waals surface area contributed by atoms with Gasteiger partial charge in [0, 0.05) is 13.1 Å². The Morgan fingerprint density at radius 2 is 2.04 bits per heavy atom. The van der Waals surface area contributed by atoms with E-state index in [2.05, 4.69) is 14.7 Å². The van der Waals surface area contributed by atoms with Crippen molar-refractivity contribution in [1.82, 2.24) is 19.6 Å². The van der Waals surface area contributed by atoms with E-state index < -0.39 is 6.04 Å². The molecule has 1 aromatic rings. The van der Waals surface area contributed by atoms with Gasteiger partial charge in [0.2, 0.25) is 10.9 Å². The van der Waals surface area contributed by atoms with Gasteiger partial charge in [-0.15, -0.1) is 0 Å². The van der Waals surface area contributed by atoms with Crippen molar-refractivity contribution >= 4 is 23.3 Å². The molecule has 0 saturated carbocycles. The number of piperidine rings is 1. The van der Waals surface area contributed by atoms with Gasteiger partial charge in [0.05, 0.1) is 6.10 Å². The highest BCUT2D eigenvalue weighted by Crippen LogP contribution is 2.15. The number of aliphatic hydroxyl groups excluding tert-OH is 1. The number of carbonyl (C=O) groups excluding carboxylic acids is 2. The molecule has 1 unspecified atom stereocenters. The molecule has 0 radical (unpaired) electrons. The van der Waals surface area contributed by atoms with Gasteiger partial charge in [-0.2, -0.15) is 4.37 Å². The first-order chi connectivity index (χ1) is 10.9. The van der Waals surface area contributed by atoms with Crippen LogP contribution in [0.25, 0.3) is 0 Å². The predicted octanol–water partition coefficient (Wildman–Crippen LogP) is 0.974. The number of carbonyl (C=O) groups is 2. The van der Waals surface area contributed by atoms with Crippen LogP contribution in [-0.2, 0) is 4.79 Å². The van der Waals surface area contributed by atoms with E-state index in [9.17, 15) is 14.7 Å². The minimum absolute atomic E-state index is 0.0832. The largest absolute Gasteiger partial charge is 0.393 e. The lowest BCUT2D eigenvalue weighted by molar-refractivity contribution is -0.135. The zero-order valence-electron chi connectivity index (χ0n) is 13.8. The molecule has 0 aliphatic carbocycles. The predicted molar refractivity (Wildman–Crippen MR) is 87.2 cm³/mol. The lowest BCUT2D eigenvalue weighted by atomic mass is 10.0. The third kappa shape index (κ3) is 4.97. The maximum atomic E-state index is 12.7. The highest BCUT2D eigenvalue weighted by atomic mass is 32.1. The Balaban J connectivity index is 2.03. The summed E-state index contributed by atoms with van der Waals surface area (Å²) in [5, 5.41) is 12.6. The van der Waals surface area contributed by atoms with Crippen molar-refractivity contribution in [2.75, 3.05) is 13.1 Å². The Labute approximate surface area is 140 Å². The van der Waals surface area contributed by atoms with Crippen LogP contribution < -0.4 is 5.32 Å². The van der Waals surface area contributed by atoms with Crippen molar-refractivity contribution < 1.29 is 14.7 Å². The van der Waals surface area contributed by atoms with Crippen LogP contribution in [0.4, 0.5) is 0 Å². The van der Waals surface area contributed by atoms with E-state index in [1.807, 2.05) is 13.8 Å². The summed E-state index contributed by atoms with van der Waals surface area (Å²) >= 11 is 1.03. The number of aromatic nitrogens is 2. The van der Waals surface area contributed by atoms with E-state index in [-0.39, 0.29) is 28.8 Å². The third-order valence-corrected chi connectivity index (χ3v) is 4.61. The van der Waals surface area contributed by atoms with E-state index in [1.165, 1.54) is 0 Å². The molecule has 1 saturated heterocycles. The second kappa shape index (κ2) is 7.83. The third-order valence-electron chi connectivity index (χ3n) is 3.81. The van der Waals surface area contributed by atoms with Crippen LogP contribution in [0, 0.1) is 12.8 Å². The Hall–Kier alpha value is -1.54. The number of hydrogen-bond donors (Lipinski definition) is 2. The van der Waals surface area contributed by atoms with Gasteiger partial charge >= 0.3 is 0 Å². The Kier molecular flexibility index (Phi) is 6.06. The molecule has 2 N–H and O–H groups in total. The molecule has 8 heteroatoms. The molecule has 23 heavy (non-hydrogen) atoms. The molecule has 2 heterocycles. The summed E-state index contributed by atoms with van der Waals surface area (Å²) in [6, 6.07) is -0.568. The molecular weight excluding hydrogens is 316 g/mol. The van der Waals surface area contributed by atoms with Crippen LogP contribution in [0.5, 0.6) is 0 Å². The zero-order chi connectivity index (χ0) is 17.0. The number of rotatable bonds is 5. The van der Waals surface area contributed by atoms with Gasteiger partial charge in [-0.05, 0) is 43.6 Å². The molecule has 1 atom stereocenters. The van der Waals surface area contributed by atoms with E-state index in [0.717, 1.165) is 11.5 Å². The number of nitrogens with zero attached hydrogens (tertiary/aromatic N) is 3. The van der Waals surface area contributed by atoms with Gasteiger partial charge in [-0.25, -0.2) is 4.98 Å². The van der Waals surface area contributed by atoms with Crippen LogP contribution >= 0.6 is 11.5 Å². The minimum Gasteiger partial charge on any atom is -0.393 e.